The molecule has 0 aliphatic rings. The monoisotopic (exact) mass is 532 g/mol. The first-order valence-electron chi connectivity index (χ1n) is 12.7. The normalized spacial score (nSPS) is 11.6. The van der Waals surface area contributed by atoms with Crippen LogP contribution in [0.4, 0.5) is 0 Å². The van der Waals surface area contributed by atoms with E-state index in [0.717, 1.165) is 18.9 Å². The third-order valence-corrected chi connectivity index (χ3v) is 5.06. The molecule has 6 nitrogen and oxygen atoms in total. The number of carboxylic acids is 1. The molecular formula is C33H40O6. The number of hydrogen-bond donors (Lipinski definition) is 1. The molecule has 0 bridgehead atoms. The molecule has 2 rings (SSSR count). The number of allylic oxidation sites excluding steroid dienone is 7. The van der Waals surface area contributed by atoms with E-state index in [1.807, 2.05) is 18.2 Å². The molecule has 0 saturated heterocycles. The fourth-order valence-corrected chi connectivity index (χ4v) is 3.04. The van der Waals surface area contributed by atoms with Gasteiger partial charge in [0.15, 0.2) is 0 Å². The molecule has 0 aromatic heterocycles. The van der Waals surface area contributed by atoms with E-state index < -0.39 is 17.9 Å². The molecular weight excluding hydrogens is 492 g/mol. The first-order valence-corrected chi connectivity index (χ1v) is 12.7. The molecule has 0 atom stereocenters. The molecule has 6 heteroatoms. The van der Waals surface area contributed by atoms with Crippen molar-refractivity contribution in [2.75, 3.05) is 0 Å². The Balaban J connectivity index is 0.000000439. The van der Waals surface area contributed by atoms with E-state index in [4.69, 9.17) is 19.3 Å². The van der Waals surface area contributed by atoms with Crippen molar-refractivity contribution in [3.8, 4) is 11.5 Å². The van der Waals surface area contributed by atoms with Crippen LogP contribution < -0.4 is 9.47 Å². The Labute approximate surface area is 232 Å². The van der Waals surface area contributed by atoms with Crippen molar-refractivity contribution >= 4 is 11.9 Å². The zero-order chi connectivity index (χ0) is 29.1. The summed E-state index contributed by atoms with van der Waals surface area (Å²) < 4.78 is 16.4. The minimum Gasteiger partial charge on any atom is -0.478 e. The second-order valence-corrected chi connectivity index (χ2v) is 9.04. The molecule has 0 fully saturated rings. The van der Waals surface area contributed by atoms with Crippen LogP contribution in [0.2, 0.25) is 0 Å². The first-order chi connectivity index (χ1) is 18.5. The van der Waals surface area contributed by atoms with E-state index in [9.17, 15) is 9.59 Å². The third-order valence-electron chi connectivity index (χ3n) is 5.06. The second kappa shape index (κ2) is 18.0. The summed E-state index contributed by atoms with van der Waals surface area (Å²) in [7, 11) is 0. The highest BCUT2D eigenvalue weighted by Crippen LogP contribution is 2.24. The molecule has 1 N–H and O–H groups in total. The van der Waals surface area contributed by atoms with Gasteiger partial charge in [-0.1, -0.05) is 84.0 Å². The molecule has 0 heterocycles. The highest BCUT2D eigenvalue weighted by atomic mass is 16.9. The number of hydrogen-bond acceptors (Lipinski definition) is 5. The fourth-order valence-electron chi connectivity index (χ4n) is 3.04. The molecule has 0 unspecified atom stereocenters. The van der Waals surface area contributed by atoms with Gasteiger partial charge in [-0.15, -0.1) is 0 Å². The predicted molar refractivity (Wildman–Crippen MR) is 156 cm³/mol. The van der Waals surface area contributed by atoms with Gasteiger partial charge in [0.05, 0.1) is 6.92 Å². The zero-order valence-corrected chi connectivity index (χ0v) is 23.6. The van der Waals surface area contributed by atoms with Gasteiger partial charge in [-0.2, -0.15) is 0 Å². The van der Waals surface area contributed by atoms with Gasteiger partial charge in [0.2, 0.25) is 0 Å². The van der Waals surface area contributed by atoms with Crippen molar-refractivity contribution in [1.82, 2.24) is 0 Å². The van der Waals surface area contributed by atoms with Gasteiger partial charge in [0.1, 0.15) is 11.5 Å². The summed E-state index contributed by atoms with van der Waals surface area (Å²) in [6.07, 6.45) is 13.5. The molecule has 0 saturated carbocycles. The molecule has 208 valence electrons. The molecule has 39 heavy (non-hydrogen) atoms. The summed E-state index contributed by atoms with van der Waals surface area (Å²) >= 11 is 0. The van der Waals surface area contributed by atoms with E-state index >= 15 is 0 Å². The van der Waals surface area contributed by atoms with Crippen molar-refractivity contribution < 1.29 is 28.9 Å². The molecule has 0 aliphatic carbocycles. The molecule has 0 radical (unpaired) electrons. The number of para-hydroxylation sites is 2. The lowest BCUT2D eigenvalue weighted by molar-refractivity contribution is -0.271. The van der Waals surface area contributed by atoms with E-state index in [1.54, 1.807) is 48.5 Å². The SMILES string of the molecule is C=C/C(C)=C/C/C=C(\C)CCC=C(C)C.CC(OC(=O)/C=C\C(=O)O)(Oc1ccccc1)Oc1ccccc1. The summed E-state index contributed by atoms with van der Waals surface area (Å²) in [5.41, 5.74) is 4.13. The Morgan fingerprint density at radius 1 is 0.846 bits per heavy atom. The van der Waals surface area contributed by atoms with Gasteiger partial charge in [0, 0.05) is 12.2 Å². The van der Waals surface area contributed by atoms with Crippen LogP contribution in [0.15, 0.2) is 120 Å². The van der Waals surface area contributed by atoms with Crippen LogP contribution in [0.3, 0.4) is 0 Å². The number of esters is 1. The van der Waals surface area contributed by atoms with Crippen LogP contribution in [0.25, 0.3) is 0 Å². The average molecular weight is 533 g/mol. The number of carbonyl (C=O) groups is 2. The standard InChI is InChI=1S/C18H16O6.C15H24/c1-18(22-14-8-4-2-5-9-14,23-15-10-6-3-7-11-15)24-17(21)13-12-16(19)20;1-6-14(4)10-8-12-15(5)11-7-9-13(2)3/h2-13H,1H3,(H,19,20);6,9-10,12H,1,7-8,11H2,2-5H3/b13-12-;14-10+,15-12+. The first kappa shape index (κ1) is 32.7. The van der Waals surface area contributed by atoms with Gasteiger partial charge < -0.3 is 19.3 Å². The Kier molecular flexibility index (Phi) is 15.1. The number of carboxylic acid groups (broad SMARTS) is 1. The third kappa shape index (κ3) is 16.2. The molecule has 0 spiro atoms. The fraction of sp³-hybridized carbons (Fsp3) is 0.273. The molecule has 2 aromatic carbocycles. The smallest absolute Gasteiger partial charge is 0.416 e. The number of aliphatic carboxylic acids is 1. The van der Waals surface area contributed by atoms with Crippen LogP contribution >= 0.6 is 0 Å². The number of rotatable bonds is 13. The predicted octanol–water partition coefficient (Wildman–Crippen LogP) is 8.20. The lowest BCUT2D eigenvalue weighted by Gasteiger charge is -2.29. The average Bonchev–Trinajstić information content (AvgIpc) is 2.88. The van der Waals surface area contributed by atoms with Gasteiger partial charge >= 0.3 is 17.9 Å². The quantitative estimate of drug-likeness (QED) is 0.0920. The van der Waals surface area contributed by atoms with E-state index in [2.05, 4.69) is 52.5 Å². The van der Waals surface area contributed by atoms with Crippen LogP contribution in [-0.4, -0.2) is 23.0 Å². The van der Waals surface area contributed by atoms with Crippen LogP contribution in [0.1, 0.15) is 53.9 Å². The minimum atomic E-state index is -1.78. The Morgan fingerprint density at radius 2 is 1.38 bits per heavy atom. The van der Waals surface area contributed by atoms with Gasteiger partial charge in [-0.25, -0.2) is 9.59 Å². The highest BCUT2D eigenvalue weighted by molar-refractivity contribution is 5.90. The summed E-state index contributed by atoms with van der Waals surface area (Å²) in [6.45, 7) is 13.7. The number of benzene rings is 2. The van der Waals surface area contributed by atoms with Gasteiger partial charge in [-0.05, 0) is 71.2 Å². The Hall–Kier alpha value is -4.32. The maximum atomic E-state index is 11.8. The minimum absolute atomic E-state index is 0.422. The van der Waals surface area contributed by atoms with Crippen LogP contribution in [0.5, 0.6) is 11.5 Å². The van der Waals surface area contributed by atoms with Gasteiger partial charge in [0.25, 0.3) is 0 Å². The van der Waals surface area contributed by atoms with Crippen molar-refractivity contribution in [2.24, 2.45) is 0 Å². The molecule has 2 aromatic rings. The van der Waals surface area contributed by atoms with E-state index in [0.29, 0.717) is 17.6 Å². The van der Waals surface area contributed by atoms with Crippen LogP contribution in [-0.2, 0) is 14.3 Å². The second-order valence-electron chi connectivity index (χ2n) is 9.04. The summed E-state index contributed by atoms with van der Waals surface area (Å²) in [5.74, 6) is -3.10. The number of carbonyl (C=O) groups excluding carboxylic acids is 1. The Bertz CT molecular complexity index is 1110. The van der Waals surface area contributed by atoms with Crippen molar-refractivity contribution in [3.63, 3.8) is 0 Å². The summed E-state index contributed by atoms with van der Waals surface area (Å²) in [6, 6.07) is 17.3. The zero-order valence-electron chi connectivity index (χ0n) is 23.6. The van der Waals surface area contributed by atoms with Crippen LogP contribution in [0, 0.1) is 0 Å². The van der Waals surface area contributed by atoms with E-state index in [1.165, 1.54) is 30.1 Å². The van der Waals surface area contributed by atoms with Gasteiger partial charge in [-0.3, -0.25) is 0 Å². The summed E-state index contributed by atoms with van der Waals surface area (Å²) in [5, 5.41) is 8.57. The number of ether oxygens (including phenoxy) is 3. The summed E-state index contributed by atoms with van der Waals surface area (Å²) in [4.78, 5) is 22.3. The van der Waals surface area contributed by atoms with Crippen molar-refractivity contribution in [1.29, 1.82) is 0 Å². The lowest BCUT2D eigenvalue weighted by Crippen LogP contribution is -2.43. The molecule has 0 aliphatic heterocycles. The lowest BCUT2D eigenvalue weighted by atomic mass is 10.1. The van der Waals surface area contributed by atoms with E-state index in [-0.39, 0.29) is 0 Å². The van der Waals surface area contributed by atoms with Crippen molar-refractivity contribution in [2.45, 2.75) is 59.9 Å². The largest absolute Gasteiger partial charge is 0.478 e. The molecule has 0 amide bonds. The maximum absolute atomic E-state index is 11.8. The topological polar surface area (TPSA) is 82.1 Å². The maximum Gasteiger partial charge on any atom is 0.416 e. The highest BCUT2D eigenvalue weighted by Gasteiger charge is 2.34. The Morgan fingerprint density at radius 3 is 1.85 bits per heavy atom. The van der Waals surface area contributed by atoms with Crippen molar-refractivity contribution in [3.05, 3.63) is 120 Å².